The molecule has 2 rings (SSSR count). The van der Waals surface area contributed by atoms with Gasteiger partial charge < -0.3 is 16.4 Å². The number of benzene rings is 1. The summed E-state index contributed by atoms with van der Waals surface area (Å²) in [5.74, 6) is 1.37. The van der Waals surface area contributed by atoms with Crippen LogP contribution in [0, 0.1) is 5.92 Å². The number of nitrogens with zero attached hydrogens (tertiary/aromatic N) is 1. The highest BCUT2D eigenvalue weighted by molar-refractivity contribution is 14.0. The molecule has 1 aromatic rings. The number of rotatable bonds is 7. The maximum absolute atomic E-state index is 5.81. The Morgan fingerprint density at radius 2 is 1.95 bits per heavy atom. The lowest BCUT2D eigenvalue weighted by Crippen LogP contribution is -2.34. The van der Waals surface area contributed by atoms with E-state index in [1.165, 1.54) is 19.3 Å². The number of aliphatic imine (C=N–C) groups is 1. The molecule has 0 aromatic heterocycles. The Hall–Kier alpha value is -0.980. The molecule has 0 unspecified atom stereocenters. The van der Waals surface area contributed by atoms with E-state index in [9.17, 15) is 0 Å². The van der Waals surface area contributed by atoms with Crippen LogP contribution in [0.15, 0.2) is 35.3 Å². The molecule has 0 amide bonds. The quantitative estimate of drug-likeness (QED) is 0.291. The summed E-state index contributed by atoms with van der Waals surface area (Å²) in [6.45, 7) is 2.69. The van der Waals surface area contributed by atoms with Crippen LogP contribution in [0.25, 0.3) is 0 Å². The molecule has 0 aliphatic heterocycles. The summed E-state index contributed by atoms with van der Waals surface area (Å²) in [6.07, 6.45) is 5.02. The van der Waals surface area contributed by atoms with Crippen molar-refractivity contribution in [1.82, 2.24) is 5.32 Å². The normalized spacial score (nSPS) is 15.1. The number of para-hydroxylation sites is 1. The summed E-state index contributed by atoms with van der Waals surface area (Å²) < 4.78 is 0. The zero-order valence-electron chi connectivity index (χ0n) is 11.8. The Labute approximate surface area is 138 Å². The van der Waals surface area contributed by atoms with Crippen molar-refractivity contribution in [2.45, 2.75) is 25.7 Å². The van der Waals surface area contributed by atoms with E-state index < -0.39 is 0 Å². The lowest BCUT2D eigenvalue weighted by atomic mass is 9.86. The van der Waals surface area contributed by atoms with Gasteiger partial charge in [0.2, 0.25) is 0 Å². The average Bonchev–Trinajstić information content (AvgIpc) is 2.38. The standard InChI is InChI=1S/C15H24N4.HI/c16-15(19-12-13-6-4-7-13)18-11-5-10-17-14-8-2-1-3-9-14;/h1-3,8-9,13,17H,4-7,10-12H2,(H3,16,18,19);1H. The predicted molar refractivity (Wildman–Crippen MR) is 96.8 cm³/mol. The zero-order chi connectivity index (χ0) is 13.3. The molecule has 0 radical (unpaired) electrons. The Bertz CT molecular complexity index is 390. The highest BCUT2D eigenvalue weighted by Crippen LogP contribution is 2.26. The number of hydrogen-bond donors (Lipinski definition) is 3. The largest absolute Gasteiger partial charge is 0.385 e. The van der Waals surface area contributed by atoms with Crippen LogP contribution in [0.2, 0.25) is 0 Å². The average molecular weight is 388 g/mol. The molecular formula is C15H25IN4. The molecule has 1 aliphatic carbocycles. The van der Waals surface area contributed by atoms with Crippen LogP contribution in [0.5, 0.6) is 0 Å². The molecule has 1 fully saturated rings. The highest BCUT2D eigenvalue weighted by Gasteiger charge is 2.16. The van der Waals surface area contributed by atoms with Crippen LogP contribution in [-0.2, 0) is 0 Å². The van der Waals surface area contributed by atoms with E-state index >= 15 is 0 Å². The second kappa shape index (κ2) is 9.85. The van der Waals surface area contributed by atoms with Crippen molar-refractivity contribution in [3.63, 3.8) is 0 Å². The van der Waals surface area contributed by atoms with Crippen molar-refractivity contribution in [3.8, 4) is 0 Å². The molecule has 1 saturated carbocycles. The van der Waals surface area contributed by atoms with Gasteiger partial charge in [-0.25, -0.2) is 0 Å². The monoisotopic (exact) mass is 388 g/mol. The van der Waals surface area contributed by atoms with Gasteiger partial charge in [-0.15, -0.1) is 24.0 Å². The van der Waals surface area contributed by atoms with Gasteiger partial charge in [0, 0.05) is 25.3 Å². The van der Waals surface area contributed by atoms with Gasteiger partial charge in [-0.2, -0.15) is 0 Å². The second-order valence-corrected chi connectivity index (χ2v) is 5.10. The molecule has 1 aliphatic rings. The minimum atomic E-state index is 0. The third-order valence-corrected chi connectivity index (χ3v) is 3.51. The van der Waals surface area contributed by atoms with E-state index in [-0.39, 0.29) is 24.0 Å². The topological polar surface area (TPSA) is 62.4 Å². The van der Waals surface area contributed by atoms with Gasteiger partial charge in [0.15, 0.2) is 5.96 Å². The summed E-state index contributed by atoms with van der Waals surface area (Å²) >= 11 is 0. The van der Waals surface area contributed by atoms with Crippen molar-refractivity contribution < 1.29 is 0 Å². The number of nitrogens with two attached hydrogens (primary N) is 1. The fraction of sp³-hybridized carbons (Fsp3) is 0.533. The number of anilines is 1. The molecule has 4 N–H and O–H groups in total. The van der Waals surface area contributed by atoms with Gasteiger partial charge in [-0.3, -0.25) is 4.99 Å². The van der Waals surface area contributed by atoms with Gasteiger partial charge in [-0.05, 0) is 37.3 Å². The number of nitrogens with one attached hydrogen (secondary N) is 2. The Morgan fingerprint density at radius 1 is 1.20 bits per heavy atom. The molecule has 0 atom stereocenters. The van der Waals surface area contributed by atoms with E-state index in [0.29, 0.717) is 5.96 Å². The van der Waals surface area contributed by atoms with E-state index in [1.807, 2.05) is 18.2 Å². The zero-order valence-corrected chi connectivity index (χ0v) is 14.2. The lowest BCUT2D eigenvalue weighted by Gasteiger charge is -2.23. The van der Waals surface area contributed by atoms with Crippen molar-refractivity contribution in [2.75, 3.05) is 25.0 Å². The number of guanidine groups is 1. The summed E-state index contributed by atoms with van der Waals surface area (Å²) in [7, 11) is 0. The molecule has 0 saturated heterocycles. The van der Waals surface area contributed by atoms with Crippen molar-refractivity contribution in [3.05, 3.63) is 30.3 Å². The first-order valence-corrected chi connectivity index (χ1v) is 7.17. The van der Waals surface area contributed by atoms with Crippen LogP contribution >= 0.6 is 24.0 Å². The van der Waals surface area contributed by atoms with Gasteiger partial charge in [0.05, 0.1) is 0 Å². The Morgan fingerprint density at radius 3 is 2.60 bits per heavy atom. The second-order valence-electron chi connectivity index (χ2n) is 5.10. The molecule has 0 heterocycles. The van der Waals surface area contributed by atoms with E-state index in [0.717, 1.165) is 37.7 Å². The van der Waals surface area contributed by atoms with E-state index in [4.69, 9.17) is 5.73 Å². The minimum absolute atomic E-state index is 0. The SMILES string of the molecule is I.NC(=NCC1CCC1)NCCCNc1ccccc1. The van der Waals surface area contributed by atoms with Crippen molar-refractivity contribution in [2.24, 2.45) is 16.6 Å². The van der Waals surface area contributed by atoms with Crippen LogP contribution in [-0.4, -0.2) is 25.6 Å². The van der Waals surface area contributed by atoms with Crippen LogP contribution < -0.4 is 16.4 Å². The summed E-state index contributed by atoms with van der Waals surface area (Å²) in [4.78, 5) is 4.36. The molecule has 20 heavy (non-hydrogen) atoms. The van der Waals surface area contributed by atoms with Crippen molar-refractivity contribution in [1.29, 1.82) is 0 Å². The smallest absolute Gasteiger partial charge is 0.188 e. The molecule has 5 heteroatoms. The molecule has 4 nitrogen and oxygen atoms in total. The van der Waals surface area contributed by atoms with Gasteiger partial charge in [0.25, 0.3) is 0 Å². The summed E-state index contributed by atoms with van der Waals surface area (Å²) in [5, 5.41) is 6.53. The predicted octanol–water partition coefficient (Wildman–Crippen LogP) is 2.81. The fourth-order valence-electron chi connectivity index (χ4n) is 2.05. The number of hydrogen-bond acceptors (Lipinski definition) is 2. The van der Waals surface area contributed by atoms with Crippen molar-refractivity contribution >= 4 is 35.6 Å². The third kappa shape index (κ3) is 6.45. The maximum Gasteiger partial charge on any atom is 0.188 e. The van der Waals surface area contributed by atoms with Crippen LogP contribution in [0.1, 0.15) is 25.7 Å². The van der Waals surface area contributed by atoms with Crippen LogP contribution in [0.3, 0.4) is 0 Å². The fourth-order valence-corrected chi connectivity index (χ4v) is 2.05. The minimum Gasteiger partial charge on any atom is -0.385 e. The maximum atomic E-state index is 5.81. The highest BCUT2D eigenvalue weighted by atomic mass is 127. The Balaban J connectivity index is 0.00000200. The van der Waals surface area contributed by atoms with Gasteiger partial charge in [0.1, 0.15) is 0 Å². The first-order chi connectivity index (χ1) is 9.34. The molecule has 0 spiro atoms. The molecule has 112 valence electrons. The van der Waals surface area contributed by atoms with Crippen LogP contribution in [0.4, 0.5) is 5.69 Å². The molecular weight excluding hydrogens is 363 g/mol. The van der Waals surface area contributed by atoms with E-state index in [2.05, 4.69) is 27.8 Å². The van der Waals surface area contributed by atoms with Gasteiger partial charge >= 0.3 is 0 Å². The van der Waals surface area contributed by atoms with Gasteiger partial charge in [-0.1, -0.05) is 24.6 Å². The first kappa shape index (κ1) is 17.1. The molecule has 1 aromatic carbocycles. The van der Waals surface area contributed by atoms with E-state index in [1.54, 1.807) is 0 Å². The third-order valence-electron chi connectivity index (χ3n) is 3.51. The first-order valence-electron chi connectivity index (χ1n) is 7.17. The lowest BCUT2D eigenvalue weighted by molar-refractivity contribution is 0.326. The number of halogens is 1. The summed E-state index contributed by atoms with van der Waals surface area (Å²) in [6, 6.07) is 10.2. The molecule has 0 bridgehead atoms. The summed E-state index contributed by atoms with van der Waals surface area (Å²) in [5.41, 5.74) is 6.97. The Kier molecular flexibility index (Phi) is 8.41.